The first-order chi connectivity index (χ1) is 15.7. The molecular weight excluding hydrogens is 456 g/mol. The van der Waals surface area contributed by atoms with Gasteiger partial charge in [-0.25, -0.2) is 8.78 Å². The van der Waals surface area contributed by atoms with E-state index in [4.69, 9.17) is 9.47 Å². The zero-order chi connectivity index (χ0) is 24.4. The maximum absolute atomic E-state index is 13.4. The Morgan fingerprint density at radius 3 is 2.03 bits per heavy atom. The van der Waals surface area contributed by atoms with Gasteiger partial charge in [0.25, 0.3) is 11.8 Å². The summed E-state index contributed by atoms with van der Waals surface area (Å²) >= 11 is 0. The van der Waals surface area contributed by atoms with E-state index in [0.29, 0.717) is 0 Å². The van der Waals surface area contributed by atoms with Crippen LogP contribution < -0.4 is 10.1 Å². The SMILES string of the molecule is O=C(CCN1C(=O)C=CC1=O)NCCOCCOCCC(=O)Oc1c(F)c(F)cc(F)c1F. The first-order valence-corrected chi connectivity index (χ1v) is 9.70. The van der Waals surface area contributed by atoms with Crippen molar-refractivity contribution in [3.63, 3.8) is 0 Å². The minimum atomic E-state index is -1.82. The highest BCUT2D eigenvalue weighted by Crippen LogP contribution is 2.26. The molecule has 0 atom stereocenters. The van der Waals surface area contributed by atoms with E-state index in [-0.39, 0.29) is 57.9 Å². The zero-order valence-electron chi connectivity index (χ0n) is 17.2. The van der Waals surface area contributed by atoms with Gasteiger partial charge in [0.1, 0.15) is 0 Å². The Bertz CT molecular complexity index is 895. The maximum atomic E-state index is 13.4. The predicted molar refractivity (Wildman–Crippen MR) is 102 cm³/mol. The van der Waals surface area contributed by atoms with Gasteiger partial charge < -0.3 is 19.5 Å². The predicted octanol–water partition coefficient (Wildman–Crippen LogP) is 1.00. The van der Waals surface area contributed by atoms with E-state index < -0.39 is 53.2 Å². The van der Waals surface area contributed by atoms with Gasteiger partial charge in [-0.05, 0) is 0 Å². The van der Waals surface area contributed by atoms with Crippen LogP contribution in [0.15, 0.2) is 18.2 Å². The Labute approximate surface area is 185 Å². The van der Waals surface area contributed by atoms with Crippen molar-refractivity contribution < 1.29 is 51.0 Å². The van der Waals surface area contributed by atoms with E-state index in [1.54, 1.807) is 0 Å². The molecule has 0 bridgehead atoms. The standard InChI is InChI=1S/C20H20F4N2O7/c21-12-11-13(22)19(24)20(18(12)23)33-17(30)4-7-31-9-10-32-8-5-25-14(27)3-6-26-15(28)1-2-16(26)29/h1-2,11H,3-10H2,(H,25,27). The van der Waals surface area contributed by atoms with Gasteiger partial charge in [0.15, 0.2) is 11.6 Å². The van der Waals surface area contributed by atoms with Crippen LogP contribution in [-0.2, 0) is 28.7 Å². The monoisotopic (exact) mass is 476 g/mol. The van der Waals surface area contributed by atoms with Crippen molar-refractivity contribution in [3.8, 4) is 5.75 Å². The molecule has 2 rings (SSSR count). The van der Waals surface area contributed by atoms with Crippen LogP contribution in [0.3, 0.4) is 0 Å². The first kappa shape index (κ1) is 25.9. The van der Waals surface area contributed by atoms with Crippen LogP contribution in [-0.4, -0.2) is 68.1 Å². The lowest BCUT2D eigenvalue weighted by atomic mass is 10.3. The minimum Gasteiger partial charge on any atom is -0.420 e. The fourth-order valence-corrected chi connectivity index (χ4v) is 2.50. The second-order valence-corrected chi connectivity index (χ2v) is 6.51. The molecule has 1 heterocycles. The van der Waals surface area contributed by atoms with Crippen LogP contribution in [0.5, 0.6) is 5.75 Å². The summed E-state index contributed by atoms with van der Waals surface area (Å²) < 4.78 is 67.5. The lowest BCUT2D eigenvalue weighted by Crippen LogP contribution is -2.35. The summed E-state index contributed by atoms with van der Waals surface area (Å²) in [7, 11) is 0. The number of nitrogens with zero attached hydrogens (tertiary/aromatic N) is 1. The molecule has 13 heteroatoms. The second-order valence-electron chi connectivity index (χ2n) is 6.51. The van der Waals surface area contributed by atoms with Gasteiger partial charge in [-0.3, -0.25) is 24.1 Å². The van der Waals surface area contributed by atoms with Gasteiger partial charge in [-0.1, -0.05) is 0 Å². The van der Waals surface area contributed by atoms with E-state index in [2.05, 4.69) is 10.1 Å². The van der Waals surface area contributed by atoms with E-state index in [1.807, 2.05) is 0 Å². The third kappa shape index (κ3) is 7.95. The molecule has 33 heavy (non-hydrogen) atoms. The van der Waals surface area contributed by atoms with Gasteiger partial charge >= 0.3 is 5.97 Å². The van der Waals surface area contributed by atoms with E-state index >= 15 is 0 Å². The van der Waals surface area contributed by atoms with E-state index in [1.165, 1.54) is 0 Å². The molecule has 1 aromatic rings. The molecule has 0 radical (unpaired) electrons. The topological polar surface area (TPSA) is 111 Å². The zero-order valence-corrected chi connectivity index (χ0v) is 17.2. The van der Waals surface area contributed by atoms with Crippen molar-refractivity contribution in [2.24, 2.45) is 0 Å². The Morgan fingerprint density at radius 1 is 0.848 bits per heavy atom. The fraction of sp³-hybridized carbons (Fsp3) is 0.400. The van der Waals surface area contributed by atoms with Gasteiger partial charge in [0, 0.05) is 37.7 Å². The average molecular weight is 476 g/mol. The summed E-state index contributed by atoms with van der Waals surface area (Å²) in [5.74, 6) is -11.0. The molecule has 0 unspecified atom stereocenters. The van der Waals surface area contributed by atoms with E-state index in [9.17, 15) is 36.7 Å². The van der Waals surface area contributed by atoms with Crippen LogP contribution in [0, 0.1) is 23.3 Å². The molecule has 0 saturated carbocycles. The molecule has 9 nitrogen and oxygen atoms in total. The Kier molecular flexibility index (Phi) is 9.94. The molecule has 1 aromatic carbocycles. The molecule has 180 valence electrons. The van der Waals surface area contributed by atoms with Crippen molar-refractivity contribution in [2.75, 3.05) is 39.5 Å². The largest absolute Gasteiger partial charge is 0.420 e. The van der Waals surface area contributed by atoms with Crippen LogP contribution >= 0.6 is 0 Å². The third-order valence-corrected chi connectivity index (χ3v) is 4.14. The summed E-state index contributed by atoms with van der Waals surface area (Å²) in [6.45, 7) is 0.233. The number of halogens is 4. The quantitative estimate of drug-likeness (QED) is 0.113. The molecule has 1 aliphatic rings. The third-order valence-electron chi connectivity index (χ3n) is 4.14. The number of amides is 3. The number of imide groups is 1. The van der Waals surface area contributed by atoms with Crippen LogP contribution in [0.2, 0.25) is 0 Å². The Morgan fingerprint density at radius 2 is 1.42 bits per heavy atom. The molecule has 1 N–H and O–H groups in total. The number of hydrogen-bond acceptors (Lipinski definition) is 7. The van der Waals surface area contributed by atoms with Crippen molar-refractivity contribution in [2.45, 2.75) is 12.8 Å². The lowest BCUT2D eigenvalue weighted by molar-refractivity contribution is -0.138. The highest BCUT2D eigenvalue weighted by Gasteiger charge is 2.24. The molecule has 1 aliphatic heterocycles. The van der Waals surface area contributed by atoms with Gasteiger partial charge in [-0.15, -0.1) is 0 Å². The van der Waals surface area contributed by atoms with Crippen LogP contribution in [0.25, 0.3) is 0 Å². The molecule has 3 amide bonds. The summed E-state index contributed by atoms with van der Waals surface area (Å²) in [6, 6.07) is -0.00677. The Hall–Kier alpha value is -3.32. The summed E-state index contributed by atoms with van der Waals surface area (Å²) in [5.41, 5.74) is 0. The number of benzene rings is 1. The van der Waals surface area contributed by atoms with Gasteiger partial charge in [0.05, 0.1) is 32.8 Å². The number of ether oxygens (including phenoxy) is 3. The van der Waals surface area contributed by atoms with Gasteiger partial charge in [-0.2, -0.15) is 8.78 Å². The normalized spacial score (nSPS) is 13.0. The van der Waals surface area contributed by atoms with Crippen LogP contribution in [0.1, 0.15) is 12.8 Å². The molecular formula is C20H20F4N2O7. The smallest absolute Gasteiger partial charge is 0.313 e. The number of nitrogens with one attached hydrogen (secondary N) is 1. The molecule has 0 saturated heterocycles. The van der Waals surface area contributed by atoms with E-state index in [0.717, 1.165) is 17.1 Å². The first-order valence-electron chi connectivity index (χ1n) is 9.70. The number of hydrogen-bond donors (Lipinski definition) is 1. The summed E-state index contributed by atoms with van der Waals surface area (Å²) in [4.78, 5) is 46.9. The van der Waals surface area contributed by atoms with Crippen molar-refractivity contribution in [1.29, 1.82) is 0 Å². The number of rotatable bonds is 13. The summed E-state index contributed by atoms with van der Waals surface area (Å²) in [5, 5.41) is 2.54. The summed E-state index contributed by atoms with van der Waals surface area (Å²) in [6.07, 6.45) is 1.77. The molecule has 0 aromatic heterocycles. The second kappa shape index (κ2) is 12.6. The number of carbonyl (C=O) groups excluding carboxylic acids is 4. The number of carbonyl (C=O) groups is 4. The number of esters is 1. The molecule has 0 fully saturated rings. The van der Waals surface area contributed by atoms with Crippen molar-refractivity contribution in [1.82, 2.24) is 10.2 Å². The van der Waals surface area contributed by atoms with Crippen molar-refractivity contribution in [3.05, 3.63) is 41.5 Å². The maximum Gasteiger partial charge on any atom is 0.313 e. The van der Waals surface area contributed by atoms with Crippen LogP contribution in [0.4, 0.5) is 17.6 Å². The highest BCUT2D eigenvalue weighted by molar-refractivity contribution is 6.13. The molecule has 0 aliphatic carbocycles. The Balaban J connectivity index is 1.49. The average Bonchev–Trinajstić information content (AvgIpc) is 3.09. The fourth-order valence-electron chi connectivity index (χ4n) is 2.50. The van der Waals surface area contributed by atoms with Gasteiger partial charge in [0.2, 0.25) is 23.3 Å². The molecule has 0 spiro atoms. The highest BCUT2D eigenvalue weighted by atomic mass is 19.2. The lowest BCUT2D eigenvalue weighted by Gasteiger charge is -2.13. The minimum absolute atomic E-state index is 0.00677. The van der Waals surface area contributed by atoms with Crippen molar-refractivity contribution >= 4 is 23.7 Å².